The number of fused-ring (bicyclic) bond motifs is 1. The molecule has 0 fully saturated rings. The number of thiazole rings is 1. The molecule has 62 valence electrons. The van der Waals surface area contributed by atoms with Crippen LogP contribution in [0.2, 0.25) is 0 Å². The summed E-state index contributed by atoms with van der Waals surface area (Å²) in [6, 6.07) is 2.48. The van der Waals surface area contributed by atoms with Crippen molar-refractivity contribution in [1.82, 2.24) is 4.98 Å². The Bertz CT molecular complexity index is 401. The molecular weight excluding hydrogens is 179 g/mol. The zero-order chi connectivity index (χ0) is 8.72. The minimum absolute atomic E-state index is 0.370. The highest BCUT2D eigenvalue weighted by molar-refractivity contribution is 7.22. The highest BCUT2D eigenvalue weighted by Crippen LogP contribution is 2.28. The van der Waals surface area contributed by atoms with Gasteiger partial charge in [0.25, 0.3) is 0 Å². The molecule has 0 bridgehead atoms. The number of aromatic hydroxyl groups is 1. The van der Waals surface area contributed by atoms with Crippen LogP contribution < -0.4 is 5.73 Å². The summed E-state index contributed by atoms with van der Waals surface area (Å²) < 4.78 is 13.4. The number of hydrogen-bond acceptors (Lipinski definition) is 4. The van der Waals surface area contributed by atoms with E-state index in [1.165, 1.54) is 23.5 Å². The van der Waals surface area contributed by atoms with Crippen molar-refractivity contribution in [2.45, 2.75) is 0 Å². The average Bonchev–Trinajstić information content (AvgIpc) is 2.30. The van der Waals surface area contributed by atoms with Gasteiger partial charge >= 0.3 is 0 Å². The van der Waals surface area contributed by atoms with E-state index in [1.807, 2.05) is 0 Å². The molecule has 12 heavy (non-hydrogen) atoms. The van der Waals surface area contributed by atoms with Crippen LogP contribution in [0.4, 0.5) is 9.52 Å². The van der Waals surface area contributed by atoms with Crippen LogP contribution in [0, 0.1) is 5.82 Å². The van der Waals surface area contributed by atoms with Crippen molar-refractivity contribution >= 4 is 26.7 Å². The van der Waals surface area contributed by atoms with E-state index in [1.54, 1.807) is 0 Å². The molecule has 1 aromatic carbocycles. The highest BCUT2D eigenvalue weighted by atomic mass is 32.1. The normalized spacial score (nSPS) is 10.8. The Kier molecular flexibility index (Phi) is 1.41. The van der Waals surface area contributed by atoms with E-state index in [0.29, 0.717) is 15.3 Å². The molecule has 3 nitrogen and oxygen atoms in total. The van der Waals surface area contributed by atoms with Crippen molar-refractivity contribution in [3.63, 3.8) is 0 Å². The number of nitrogens with two attached hydrogens (primary N) is 1. The standard InChI is InChI=1S/C7H5FN2OS/c8-3-1-6-4(2-5(3)11)10-7(9)12-6/h1-2,11H,(H2,9,10). The third-order valence-corrected chi connectivity index (χ3v) is 2.32. The summed E-state index contributed by atoms with van der Waals surface area (Å²) in [4.78, 5) is 3.88. The van der Waals surface area contributed by atoms with Crippen LogP contribution in [0.1, 0.15) is 0 Å². The van der Waals surface area contributed by atoms with Crippen molar-refractivity contribution in [3.8, 4) is 5.75 Å². The Morgan fingerprint density at radius 3 is 3.00 bits per heavy atom. The number of anilines is 1. The first kappa shape index (κ1) is 7.30. The smallest absolute Gasteiger partial charge is 0.181 e. The zero-order valence-electron chi connectivity index (χ0n) is 5.91. The Morgan fingerprint density at radius 1 is 1.50 bits per heavy atom. The molecule has 5 heteroatoms. The van der Waals surface area contributed by atoms with Gasteiger partial charge in [-0.15, -0.1) is 0 Å². The maximum Gasteiger partial charge on any atom is 0.181 e. The summed E-state index contributed by atoms with van der Waals surface area (Å²) >= 11 is 1.19. The Labute approximate surface area is 71.3 Å². The van der Waals surface area contributed by atoms with Crippen LogP contribution in [0.25, 0.3) is 10.2 Å². The number of nitrogen functional groups attached to an aromatic ring is 1. The summed E-state index contributed by atoms with van der Waals surface area (Å²) in [6.45, 7) is 0. The molecule has 0 unspecified atom stereocenters. The summed E-state index contributed by atoms with van der Waals surface area (Å²) in [5.74, 6) is -1.04. The number of benzene rings is 1. The molecule has 0 saturated carbocycles. The van der Waals surface area contributed by atoms with E-state index in [-0.39, 0.29) is 0 Å². The van der Waals surface area contributed by atoms with Crippen molar-refractivity contribution in [2.75, 3.05) is 5.73 Å². The van der Waals surface area contributed by atoms with Crippen LogP contribution in [0.15, 0.2) is 12.1 Å². The number of phenolic OH excluding ortho intramolecular Hbond substituents is 1. The van der Waals surface area contributed by atoms with Gasteiger partial charge < -0.3 is 10.8 Å². The fourth-order valence-corrected chi connectivity index (χ4v) is 1.70. The maximum absolute atomic E-state index is 12.7. The van der Waals surface area contributed by atoms with E-state index in [0.717, 1.165) is 0 Å². The zero-order valence-corrected chi connectivity index (χ0v) is 6.73. The summed E-state index contributed by atoms with van der Waals surface area (Å²) in [5.41, 5.74) is 5.92. The first-order valence-corrected chi connectivity index (χ1v) is 4.03. The van der Waals surface area contributed by atoms with E-state index < -0.39 is 11.6 Å². The Balaban J connectivity index is 2.83. The number of rotatable bonds is 0. The van der Waals surface area contributed by atoms with Crippen molar-refractivity contribution in [3.05, 3.63) is 17.9 Å². The fourth-order valence-electron chi connectivity index (χ4n) is 0.956. The SMILES string of the molecule is Nc1nc2cc(O)c(F)cc2s1. The largest absolute Gasteiger partial charge is 0.505 e. The van der Waals surface area contributed by atoms with Gasteiger partial charge in [0, 0.05) is 6.07 Å². The topological polar surface area (TPSA) is 59.1 Å². The predicted molar refractivity (Wildman–Crippen MR) is 45.7 cm³/mol. The molecule has 0 aliphatic heterocycles. The third-order valence-electron chi connectivity index (χ3n) is 1.47. The van der Waals surface area contributed by atoms with Crippen LogP contribution in [-0.4, -0.2) is 10.1 Å². The fraction of sp³-hybridized carbons (Fsp3) is 0. The number of halogens is 1. The minimum Gasteiger partial charge on any atom is -0.505 e. The van der Waals surface area contributed by atoms with Crippen molar-refractivity contribution < 1.29 is 9.50 Å². The lowest BCUT2D eigenvalue weighted by molar-refractivity contribution is 0.433. The van der Waals surface area contributed by atoms with Crippen LogP contribution in [0.5, 0.6) is 5.75 Å². The molecule has 0 radical (unpaired) electrons. The van der Waals surface area contributed by atoms with Gasteiger partial charge in [-0.25, -0.2) is 9.37 Å². The minimum atomic E-state index is -0.647. The molecule has 1 aromatic heterocycles. The summed E-state index contributed by atoms with van der Waals surface area (Å²) in [7, 11) is 0. The van der Waals surface area contributed by atoms with Gasteiger partial charge in [0.1, 0.15) is 0 Å². The van der Waals surface area contributed by atoms with Gasteiger partial charge in [0.15, 0.2) is 16.7 Å². The van der Waals surface area contributed by atoms with Crippen LogP contribution in [-0.2, 0) is 0 Å². The number of phenols is 1. The second-order valence-electron chi connectivity index (χ2n) is 2.32. The van der Waals surface area contributed by atoms with Crippen molar-refractivity contribution in [1.29, 1.82) is 0 Å². The Morgan fingerprint density at radius 2 is 2.25 bits per heavy atom. The molecule has 0 aliphatic rings. The quantitative estimate of drug-likeness (QED) is 0.655. The summed E-state index contributed by atoms with van der Waals surface area (Å²) in [5, 5.41) is 9.35. The van der Waals surface area contributed by atoms with Gasteiger partial charge in [-0.2, -0.15) is 0 Å². The molecule has 1 heterocycles. The molecule has 2 aromatic rings. The molecule has 3 N–H and O–H groups in total. The lowest BCUT2D eigenvalue weighted by Gasteiger charge is -1.92. The van der Waals surface area contributed by atoms with Gasteiger partial charge in [-0.05, 0) is 6.07 Å². The predicted octanol–water partition coefficient (Wildman–Crippen LogP) is 1.72. The van der Waals surface area contributed by atoms with Crippen LogP contribution >= 0.6 is 11.3 Å². The Hall–Kier alpha value is -1.36. The van der Waals surface area contributed by atoms with Gasteiger partial charge in [-0.1, -0.05) is 11.3 Å². The second-order valence-corrected chi connectivity index (χ2v) is 3.39. The number of aromatic nitrogens is 1. The summed E-state index contributed by atoms with van der Waals surface area (Å²) in [6.07, 6.45) is 0. The average molecular weight is 184 g/mol. The van der Waals surface area contributed by atoms with Crippen molar-refractivity contribution in [2.24, 2.45) is 0 Å². The highest BCUT2D eigenvalue weighted by Gasteiger charge is 2.06. The molecule has 0 atom stereocenters. The van der Waals surface area contributed by atoms with E-state index in [2.05, 4.69) is 4.98 Å². The maximum atomic E-state index is 12.7. The monoisotopic (exact) mass is 184 g/mol. The first-order valence-electron chi connectivity index (χ1n) is 3.21. The van der Waals surface area contributed by atoms with Gasteiger partial charge in [0.05, 0.1) is 10.2 Å². The van der Waals surface area contributed by atoms with Crippen LogP contribution in [0.3, 0.4) is 0 Å². The third kappa shape index (κ3) is 0.984. The molecular formula is C7H5FN2OS. The van der Waals surface area contributed by atoms with E-state index in [9.17, 15) is 4.39 Å². The van der Waals surface area contributed by atoms with Gasteiger partial charge in [-0.3, -0.25) is 0 Å². The van der Waals surface area contributed by atoms with E-state index >= 15 is 0 Å². The van der Waals surface area contributed by atoms with E-state index in [4.69, 9.17) is 10.8 Å². The molecule has 2 rings (SSSR count). The second kappa shape index (κ2) is 2.31. The van der Waals surface area contributed by atoms with Gasteiger partial charge in [0.2, 0.25) is 0 Å². The lowest BCUT2D eigenvalue weighted by Crippen LogP contribution is -1.79. The number of nitrogens with zero attached hydrogens (tertiary/aromatic N) is 1. The molecule has 0 spiro atoms. The first-order chi connectivity index (χ1) is 5.66. The number of hydrogen-bond donors (Lipinski definition) is 2. The lowest BCUT2D eigenvalue weighted by atomic mass is 10.3. The molecule has 0 saturated heterocycles. The molecule has 0 amide bonds. The molecule has 0 aliphatic carbocycles.